The van der Waals surface area contributed by atoms with Gasteiger partial charge in [0, 0.05) is 6.42 Å². The summed E-state index contributed by atoms with van der Waals surface area (Å²) in [5.74, 6) is 10.7. The maximum Gasteiger partial charge on any atom is 0.262 e. The Hall–Kier alpha value is -3.37. The van der Waals surface area contributed by atoms with Crippen molar-refractivity contribution in [1.29, 1.82) is 0 Å². The first-order chi connectivity index (χ1) is 22.4. The summed E-state index contributed by atoms with van der Waals surface area (Å²) < 4.78 is 19.0. The largest absolute Gasteiger partial charge is 0.497 e. The highest BCUT2D eigenvalue weighted by Gasteiger charge is 2.51. The number of aliphatic hydroxyl groups excluding tert-OH is 1. The van der Waals surface area contributed by atoms with Crippen LogP contribution < -0.4 is 15.1 Å². The van der Waals surface area contributed by atoms with Crippen LogP contribution in [0.5, 0.6) is 5.75 Å². The third kappa shape index (κ3) is 11.7. The molecule has 47 heavy (non-hydrogen) atoms. The van der Waals surface area contributed by atoms with Crippen LogP contribution in [0.25, 0.3) is 0 Å². The molecular formula is C41H54O4Si2. The highest BCUT2D eigenvalue weighted by Crippen LogP contribution is 2.38. The maximum absolute atomic E-state index is 11.5. The minimum Gasteiger partial charge on any atom is -0.497 e. The Labute approximate surface area is 286 Å². The molecule has 0 saturated carbocycles. The molecule has 0 aliphatic rings. The molecule has 0 radical (unpaired) electrons. The average molecular weight is 667 g/mol. The second kappa shape index (κ2) is 18.3. The summed E-state index contributed by atoms with van der Waals surface area (Å²) in [4.78, 5) is 0. The van der Waals surface area contributed by atoms with Crippen LogP contribution in [-0.4, -0.2) is 46.9 Å². The van der Waals surface area contributed by atoms with Crippen molar-refractivity contribution in [2.45, 2.75) is 102 Å². The molecule has 0 spiro atoms. The molecular weight excluding hydrogens is 613 g/mol. The topological polar surface area (TPSA) is 47.9 Å². The van der Waals surface area contributed by atoms with Crippen LogP contribution >= 0.6 is 0 Å². The van der Waals surface area contributed by atoms with Gasteiger partial charge in [0.15, 0.2) is 0 Å². The van der Waals surface area contributed by atoms with Gasteiger partial charge in [0.2, 0.25) is 0 Å². The van der Waals surface area contributed by atoms with E-state index in [1.54, 1.807) is 7.11 Å². The van der Waals surface area contributed by atoms with Crippen molar-refractivity contribution >= 4 is 26.8 Å². The monoisotopic (exact) mass is 666 g/mol. The van der Waals surface area contributed by atoms with Crippen LogP contribution in [0, 0.1) is 23.3 Å². The SMILES string of the molecule is C=CCCC[C@@H](C#C[C@H](O)[C@H](CCC#C[Si](C)(C)C)OCc1ccc(OC)cc1)O[Si](c1ccccc1)(c1ccccc1)C(C)(C)C. The zero-order chi connectivity index (χ0) is 34.3. The Kier molecular flexibility index (Phi) is 14.8. The number of ether oxygens (including phenoxy) is 2. The van der Waals surface area contributed by atoms with Gasteiger partial charge in [-0.25, -0.2) is 0 Å². The van der Waals surface area contributed by atoms with Crippen molar-refractivity contribution in [2.24, 2.45) is 0 Å². The van der Waals surface area contributed by atoms with E-state index >= 15 is 0 Å². The third-order valence-corrected chi connectivity index (χ3v) is 14.0. The molecule has 3 aromatic carbocycles. The molecule has 6 heteroatoms. The van der Waals surface area contributed by atoms with Crippen LogP contribution in [0.4, 0.5) is 0 Å². The first-order valence-corrected chi connectivity index (χ1v) is 22.1. The lowest BCUT2D eigenvalue weighted by molar-refractivity contribution is -0.0266. The molecule has 0 heterocycles. The number of allylic oxidation sites excluding steroid dienone is 1. The number of aliphatic hydroxyl groups is 1. The molecule has 0 aliphatic carbocycles. The zero-order valence-corrected chi connectivity index (χ0v) is 31.5. The van der Waals surface area contributed by atoms with Crippen LogP contribution in [0.2, 0.25) is 24.7 Å². The molecule has 3 rings (SSSR count). The van der Waals surface area contributed by atoms with E-state index in [2.05, 4.69) is 119 Å². The summed E-state index contributed by atoms with van der Waals surface area (Å²) >= 11 is 0. The fourth-order valence-corrected chi connectivity index (χ4v) is 10.9. The average Bonchev–Trinajstić information content (AvgIpc) is 3.05. The van der Waals surface area contributed by atoms with E-state index in [-0.39, 0.29) is 11.1 Å². The zero-order valence-electron chi connectivity index (χ0n) is 29.5. The lowest BCUT2D eigenvalue weighted by Gasteiger charge is -2.44. The minimum absolute atomic E-state index is 0.189. The Bertz CT molecular complexity index is 1440. The lowest BCUT2D eigenvalue weighted by atomic mass is 10.1. The van der Waals surface area contributed by atoms with E-state index in [9.17, 15) is 5.11 Å². The predicted octanol–water partition coefficient (Wildman–Crippen LogP) is 7.91. The van der Waals surface area contributed by atoms with Gasteiger partial charge in [-0.1, -0.05) is 131 Å². The number of rotatable bonds is 15. The number of benzene rings is 3. The van der Waals surface area contributed by atoms with E-state index in [1.165, 1.54) is 10.4 Å². The molecule has 0 aromatic heterocycles. The van der Waals surface area contributed by atoms with Crippen LogP contribution in [0.1, 0.15) is 58.4 Å². The number of unbranched alkanes of at least 4 members (excludes halogenated alkanes) is 1. The smallest absolute Gasteiger partial charge is 0.262 e. The number of hydrogen-bond donors (Lipinski definition) is 1. The van der Waals surface area contributed by atoms with Gasteiger partial charge < -0.3 is 19.0 Å². The molecule has 0 fully saturated rings. The molecule has 4 nitrogen and oxygen atoms in total. The summed E-state index contributed by atoms with van der Waals surface area (Å²) in [6, 6.07) is 29.0. The van der Waals surface area contributed by atoms with Gasteiger partial charge in [0.05, 0.1) is 19.8 Å². The maximum atomic E-state index is 11.5. The minimum atomic E-state index is -2.85. The second-order valence-electron chi connectivity index (χ2n) is 14.0. The molecule has 0 bridgehead atoms. The molecule has 3 aromatic rings. The van der Waals surface area contributed by atoms with Gasteiger partial charge in [0.25, 0.3) is 8.32 Å². The van der Waals surface area contributed by atoms with Gasteiger partial charge in [0.1, 0.15) is 26.0 Å². The van der Waals surface area contributed by atoms with Crippen molar-refractivity contribution in [3.8, 4) is 29.1 Å². The van der Waals surface area contributed by atoms with Crippen molar-refractivity contribution in [3.05, 3.63) is 103 Å². The quantitative estimate of drug-likeness (QED) is 0.0776. The van der Waals surface area contributed by atoms with Crippen molar-refractivity contribution in [1.82, 2.24) is 0 Å². The van der Waals surface area contributed by atoms with Crippen LogP contribution in [0.3, 0.4) is 0 Å². The molecule has 0 saturated heterocycles. The fraction of sp³-hybridized carbons (Fsp3) is 0.415. The summed E-state index contributed by atoms with van der Waals surface area (Å²) in [5.41, 5.74) is 4.43. The number of hydrogen-bond acceptors (Lipinski definition) is 4. The predicted molar refractivity (Wildman–Crippen MR) is 202 cm³/mol. The van der Waals surface area contributed by atoms with Gasteiger partial charge in [-0.15, -0.1) is 18.0 Å². The van der Waals surface area contributed by atoms with Gasteiger partial charge >= 0.3 is 0 Å². The molecule has 0 unspecified atom stereocenters. The van der Waals surface area contributed by atoms with Gasteiger partial charge in [-0.05, 0) is 58.8 Å². The van der Waals surface area contributed by atoms with Crippen LogP contribution in [0.15, 0.2) is 97.6 Å². The lowest BCUT2D eigenvalue weighted by Crippen LogP contribution is -2.67. The van der Waals surface area contributed by atoms with E-state index < -0.39 is 28.6 Å². The highest BCUT2D eigenvalue weighted by molar-refractivity contribution is 6.99. The second-order valence-corrected chi connectivity index (χ2v) is 23.0. The van der Waals surface area contributed by atoms with Crippen molar-refractivity contribution in [2.75, 3.05) is 7.11 Å². The molecule has 1 N–H and O–H groups in total. The standard InChI is InChI=1S/C41H54O4Si2/c1-9-10-13-20-36(45-47(41(2,3)4,37-21-14-11-15-22-37)38-23-16-12-17-24-38)30-31-39(42)40(25-18-19-32-46(6,7)8)44-33-34-26-28-35(43-5)29-27-34/h9,11-12,14-17,21-24,26-29,36,39-40,42H,1,10,13,18,20,25,33H2,2-8H3/t36-,39-,40-/m0/s1. The number of methoxy groups -OCH3 is 1. The summed E-state index contributed by atoms with van der Waals surface area (Å²) in [6.45, 7) is 17.8. The van der Waals surface area contributed by atoms with Gasteiger partial charge in [-0.2, -0.15) is 0 Å². The summed E-state index contributed by atoms with van der Waals surface area (Å²) in [7, 11) is -2.70. The molecule has 0 aliphatic heterocycles. The first-order valence-electron chi connectivity index (χ1n) is 16.7. The van der Waals surface area contributed by atoms with E-state index in [4.69, 9.17) is 13.9 Å². The van der Waals surface area contributed by atoms with E-state index in [0.717, 1.165) is 30.6 Å². The Morgan fingerprint density at radius 3 is 1.96 bits per heavy atom. The molecule has 0 amide bonds. The molecule has 3 atom stereocenters. The Balaban J connectivity index is 1.97. The van der Waals surface area contributed by atoms with Crippen molar-refractivity contribution < 1.29 is 19.0 Å². The third-order valence-electron chi connectivity index (χ3n) is 8.00. The van der Waals surface area contributed by atoms with Crippen molar-refractivity contribution in [3.63, 3.8) is 0 Å². The Morgan fingerprint density at radius 2 is 1.45 bits per heavy atom. The highest BCUT2D eigenvalue weighted by atomic mass is 28.4. The van der Waals surface area contributed by atoms with Gasteiger partial charge in [-0.3, -0.25) is 0 Å². The van der Waals surface area contributed by atoms with E-state index in [1.807, 2.05) is 42.5 Å². The first kappa shape index (κ1) is 38.1. The Morgan fingerprint density at radius 1 is 0.851 bits per heavy atom. The van der Waals surface area contributed by atoms with E-state index in [0.29, 0.717) is 19.4 Å². The summed E-state index contributed by atoms with van der Waals surface area (Å²) in [6.07, 6.45) is 3.77. The fourth-order valence-electron chi connectivity index (χ4n) is 5.58. The van der Waals surface area contributed by atoms with Crippen LogP contribution in [-0.2, 0) is 15.8 Å². The molecule has 250 valence electrons. The summed E-state index contributed by atoms with van der Waals surface area (Å²) in [5, 5.41) is 13.7. The normalized spacial score (nSPS) is 13.7.